The summed E-state index contributed by atoms with van der Waals surface area (Å²) in [5.41, 5.74) is 3.13. The molecule has 1 aliphatic carbocycles. The van der Waals surface area contributed by atoms with Crippen LogP contribution in [-0.4, -0.2) is 50.2 Å². The standard InChI is InChI=1S/C22H27ClN6O2/c1-12(30)28-10-13-4-14(28)5-18(13)26-21(31)27-20-6-15(17(23)9-24-20)16-8-25-29-11-22(2,3)7-19(16)29/h6,8-9,13-14,18H,4-5,7,10-11H2,1-3H3,(H2,24,26,27,31)/t13-,14-,18-/m0/s1. The molecule has 3 amide bonds. The van der Waals surface area contributed by atoms with Crippen LogP contribution < -0.4 is 10.6 Å². The highest BCUT2D eigenvalue weighted by atomic mass is 35.5. The van der Waals surface area contributed by atoms with Gasteiger partial charge in [-0.15, -0.1) is 0 Å². The van der Waals surface area contributed by atoms with Crippen molar-refractivity contribution in [1.29, 1.82) is 0 Å². The van der Waals surface area contributed by atoms with E-state index < -0.39 is 0 Å². The third kappa shape index (κ3) is 3.67. The maximum Gasteiger partial charge on any atom is 0.320 e. The zero-order valence-electron chi connectivity index (χ0n) is 18.0. The predicted molar refractivity (Wildman–Crippen MR) is 118 cm³/mol. The van der Waals surface area contributed by atoms with Crippen LogP contribution in [0.25, 0.3) is 11.1 Å². The number of piperidine rings is 1. The molecule has 2 aliphatic heterocycles. The van der Waals surface area contributed by atoms with Crippen molar-refractivity contribution in [2.24, 2.45) is 11.3 Å². The zero-order chi connectivity index (χ0) is 21.9. The van der Waals surface area contributed by atoms with Gasteiger partial charge in [-0.25, -0.2) is 9.78 Å². The monoisotopic (exact) mass is 442 g/mol. The lowest BCUT2D eigenvalue weighted by molar-refractivity contribution is -0.130. The van der Waals surface area contributed by atoms with E-state index in [0.717, 1.165) is 49.2 Å². The average Bonchev–Trinajstić information content (AvgIpc) is 3.42. The lowest BCUT2D eigenvalue weighted by atomic mass is 9.89. The second-order valence-corrected chi connectivity index (χ2v) is 10.2. The van der Waals surface area contributed by atoms with Crippen LogP contribution in [0, 0.1) is 11.3 Å². The molecule has 2 bridgehead atoms. The Bertz CT molecular complexity index is 1060. The number of fused-ring (bicyclic) bond motifs is 3. The molecule has 2 aromatic heterocycles. The maximum absolute atomic E-state index is 12.6. The quantitative estimate of drug-likeness (QED) is 0.762. The lowest BCUT2D eigenvalue weighted by Gasteiger charge is -2.31. The highest BCUT2D eigenvalue weighted by Gasteiger charge is 2.46. The molecule has 8 nitrogen and oxygen atoms in total. The summed E-state index contributed by atoms with van der Waals surface area (Å²) in [5.74, 6) is 0.873. The Labute approximate surface area is 186 Å². The molecule has 2 N–H and O–H groups in total. The molecule has 0 aromatic carbocycles. The Morgan fingerprint density at radius 2 is 2.03 bits per heavy atom. The van der Waals surface area contributed by atoms with E-state index >= 15 is 0 Å². The van der Waals surface area contributed by atoms with Crippen LogP contribution in [0.1, 0.15) is 39.3 Å². The van der Waals surface area contributed by atoms with Gasteiger partial charge in [0, 0.05) is 55.1 Å². The smallest absolute Gasteiger partial charge is 0.320 e. The number of rotatable bonds is 3. The molecule has 0 spiro atoms. The van der Waals surface area contributed by atoms with Gasteiger partial charge < -0.3 is 10.2 Å². The third-order valence-corrected chi connectivity index (χ3v) is 7.12. The van der Waals surface area contributed by atoms with Crippen molar-refractivity contribution < 1.29 is 9.59 Å². The van der Waals surface area contributed by atoms with Gasteiger partial charge in [-0.05, 0) is 36.7 Å². The fourth-order valence-corrected chi connectivity index (χ4v) is 5.63. The summed E-state index contributed by atoms with van der Waals surface area (Å²) in [4.78, 5) is 30.5. The van der Waals surface area contributed by atoms with Crippen molar-refractivity contribution in [3.63, 3.8) is 0 Å². The fourth-order valence-electron chi connectivity index (χ4n) is 5.42. The molecule has 3 atom stereocenters. The molecule has 9 heteroatoms. The molecule has 0 unspecified atom stereocenters. The van der Waals surface area contributed by atoms with Crippen LogP contribution in [0.3, 0.4) is 0 Å². The highest BCUT2D eigenvalue weighted by molar-refractivity contribution is 6.33. The summed E-state index contributed by atoms with van der Waals surface area (Å²) >= 11 is 6.46. The predicted octanol–water partition coefficient (Wildman–Crippen LogP) is 3.31. The second-order valence-electron chi connectivity index (χ2n) is 9.81. The second kappa shape index (κ2) is 7.22. The SMILES string of the molecule is CC(=O)N1C[C@@H]2C[C@H]1C[C@@H]2NC(=O)Nc1cc(-c2cnn3c2CC(C)(C)C3)c(Cl)cn1. The van der Waals surface area contributed by atoms with Gasteiger partial charge in [-0.1, -0.05) is 25.4 Å². The van der Waals surface area contributed by atoms with Gasteiger partial charge in [0.1, 0.15) is 5.82 Å². The molecule has 1 saturated carbocycles. The molecule has 5 rings (SSSR count). The molecule has 1 saturated heterocycles. The van der Waals surface area contributed by atoms with E-state index in [4.69, 9.17) is 11.6 Å². The first-order valence-electron chi connectivity index (χ1n) is 10.8. The first kappa shape index (κ1) is 20.3. The number of hydrogen-bond acceptors (Lipinski definition) is 4. The van der Waals surface area contributed by atoms with Crippen molar-refractivity contribution in [1.82, 2.24) is 25.0 Å². The first-order chi connectivity index (χ1) is 14.7. The van der Waals surface area contributed by atoms with Crippen LogP contribution in [-0.2, 0) is 17.8 Å². The number of carbonyl (C=O) groups is 2. The highest BCUT2D eigenvalue weighted by Crippen LogP contribution is 2.40. The topological polar surface area (TPSA) is 92.2 Å². The fraction of sp³-hybridized carbons (Fsp3) is 0.545. The summed E-state index contributed by atoms with van der Waals surface area (Å²) in [6.45, 7) is 7.65. The Kier molecular flexibility index (Phi) is 4.73. The van der Waals surface area contributed by atoms with E-state index in [2.05, 4.69) is 34.6 Å². The first-order valence-corrected chi connectivity index (χ1v) is 11.1. The van der Waals surface area contributed by atoms with Crippen molar-refractivity contribution in [3.8, 4) is 11.1 Å². The number of amides is 3. The molecule has 0 radical (unpaired) electrons. The summed E-state index contributed by atoms with van der Waals surface area (Å²) in [6, 6.07) is 1.84. The van der Waals surface area contributed by atoms with Gasteiger partial charge in [-0.3, -0.25) is 14.8 Å². The molecular weight excluding hydrogens is 416 g/mol. The van der Waals surface area contributed by atoms with Crippen LogP contribution in [0.2, 0.25) is 5.02 Å². The van der Waals surface area contributed by atoms with Crippen LogP contribution in [0.5, 0.6) is 0 Å². The van der Waals surface area contributed by atoms with Gasteiger partial charge in [0.15, 0.2) is 0 Å². The number of hydrogen-bond donors (Lipinski definition) is 2. The molecule has 31 heavy (non-hydrogen) atoms. The number of anilines is 1. The van der Waals surface area contributed by atoms with Gasteiger partial charge in [0.25, 0.3) is 0 Å². The van der Waals surface area contributed by atoms with Gasteiger partial charge >= 0.3 is 6.03 Å². The number of likely N-dealkylation sites (tertiary alicyclic amines) is 1. The van der Waals surface area contributed by atoms with Crippen LogP contribution in [0.4, 0.5) is 10.6 Å². The van der Waals surface area contributed by atoms with E-state index in [9.17, 15) is 9.59 Å². The Balaban J connectivity index is 1.28. The van der Waals surface area contributed by atoms with Gasteiger partial charge in [-0.2, -0.15) is 5.10 Å². The minimum atomic E-state index is -0.283. The number of nitrogens with one attached hydrogen (secondary N) is 2. The largest absolute Gasteiger partial charge is 0.340 e. The van der Waals surface area contributed by atoms with Crippen molar-refractivity contribution in [2.75, 3.05) is 11.9 Å². The zero-order valence-corrected chi connectivity index (χ0v) is 18.7. The minimum Gasteiger partial charge on any atom is -0.340 e. The van der Waals surface area contributed by atoms with E-state index in [0.29, 0.717) is 16.8 Å². The summed E-state index contributed by atoms with van der Waals surface area (Å²) in [5, 5.41) is 11.0. The number of pyridine rings is 1. The number of halogens is 1. The Morgan fingerprint density at radius 1 is 1.23 bits per heavy atom. The van der Waals surface area contributed by atoms with Crippen molar-refractivity contribution >= 4 is 29.4 Å². The van der Waals surface area contributed by atoms with E-state index in [1.54, 1.807) is 13.1 Å². The molecule has 2 fully saturated rings. The van der Waals surface area contributed by atoms with Gasteiger partial charge in [0.05, 0.1) is 11.2 Å². The molecule has 2 aromatic rings. The Hall–Kier alpha value is -2.61. The summed E-state index contributed by atoms with van der Waals surface area (Å²) in [7, 11) is 0. The molecule has 164 valence electrons. The normalized spacial score (nSPS) is 25.5. The number of carbonyl (C=O) groups excluding carboxylic acids is 2. The van der Waals surface area contributed by atoms with E-state index in [1.807, 2.05) is 21.8 Å². The summed E-state index contributed by atoms with van der Waals surface area (Å²) in [6.07, 6.45) is 6.09. The van der Waals surface area contributed by atoms with E-state index in [1.165, 1.54) is 0 Å². The lowest BCUT2D eigenvalue weighted by Crippen LogP contribution is -2.48. The maximum atomic E-state index is 12.6. The number of nitrogens with zero attached hydrogens (tertiary/aromatic N) is 4. The Morgan fingerprint density at radius 3 is 2.74 bits per heavy atom. The number of aromatic nitrogens is 3. The third-order valence-electron chi connectivity index (χ3n) is 6.82. The molecular formula is C22H27ClN6O2. The van der Waals surface area contributed by atoms with Crippen LogP contribution >= 0.6 is 11.6 Å². The average molecular weight is 443 g/mol. The molecule has 4 heterocycles. The summed E-state index contributed by atoms with van der Waals surface area (Å²) < 4.78 is 2.03. The van der Waals surface area contributed by atoms with Gasteiger partial charge in [0.2, 0.25) is 5.91 Å². The number of urea groups is 1. The molecule has 3 aliphatic rings. The minimum absolute atomic E-state index is 0.0774. The van der Waals surface area contributed by atoms with E-state index in [-0.39, 0.29) is 29.4 Å². The van der Waals surface area contributed by atoms with Crippen LogP contribution in [0.15, 0.2) is 18.5 Å². The van der Waals surface area contributed by atoms with Crippen molar-refractivity contribution in [3.05, 3.63) is 29.2 Å². The van der Waals surface area contributed by atoms with Crippen molar-refractivity contribution in [2.45, 2.75) is 58.7 Å².